The number of carbonyl (C=O) groups excluding carboxylic acids is 1. The minimum Gasteiger partial charge on any atom is -0.481 e. The average Bonchev–Trinajstić information content (AvgIpc) is 3.15. The highest BCUT2D eigenvalue weighted by Crippen LogP contribution is 2.40. The number of carbonyl (C=O) groups is 2. The molecule has 1 aromatic heterocycles. The number of hydrogen-bond donors (Lipinski definition) is 2. The SMILES string of the molecule is O=C(O)CCSc1cnc(NC(=O)N(C2CCCCCC2)C2(OCc3ccccc3)CCCCC2)s1. The molecular weight excluding hydrogens is 494 g/mol. The van der Waals surface area contributed by atoms with Crippen molar-refractivity contribution in [1.82, 2.24) is 9.88 Å². The molecule has 2 aromatic rings. The molecule has 0 aliphatic heterocycles. The molecule has 2 N–H and O–H groups in total. The maximum atomic E-state index is 14.0. The third-order valence-electron chi connectivity index (χ3n) is 7.09. The molecule has 196 valence electrons. The molecule has 0 spiro atoms. The lowest BCUT2D eigenvalue weighted by Gasteiger charge is -2.49. The van der Waals surface area contributed by atoms with Crippen molar-refractivity contribution in [1.29, 1.82) is 0 Å². The van der Waals surface area contributed by atoms with Gasteiger partial charge in [0.2, 0.25) is 0 Å². The minimum absolute atomic E-state index is 0.0982. The highest BCUT2D eigenvalue weighted by molar-refractivity contribution is 8.01. The summed E-state index contributed by atoms with van der Waals surface area (Å²) in [7, 11) is 0. The Bertz CT molecular complexity index is 970. The first-order valence-electron chi connectivity index (χ1n) is 13.1. The minimum atomic E-state index is -0.812. The third kappa shape index (κ3) is 7.46. The van der Waals surface area contributed by atoms with Crippen LogP contribution >= 0.6 is 23.1 Å². The van der Waals surface area contributed by atoms with Gasteiger partial charge in [-0.25, -0.2) is 9.78 Å². The van der Waals surface area contributed by atoms with Gasteiger partial charge in [0.05, 0.1) is 23.4 Å². The highest BCUT2D eigenvalue weighted by atomic mass is 32.2. The maximum absolute atomic E-state index is 14.0. The van der Waals surface area contributed by atoms with Crippen LogP contribution in [0.3, 0.4) is 0 Å². The largest absolute Gasteiger partial charge is 0.481 e. The molecule has 0 radical (unpaired) electrons. The van der Waals surface area contributed by atoms with Crippen LogP contribution in [0.15, 0.2) is 40.7 Å². The first-order valence-corrected chi connectivity index (χ1v) is 14.9. The van der Waals surface area contributed by atoms with Gasteiger partial charge in [-0.2, -0.15) is 0 Å². The highest BCUT2D eigenvalue weighted by Gasteiger charge is 2.45. The lowest BCUT2D eigenvalue weighted by molar-refractivity contribution is -0.175. The van der Waals surface area contributed by atoms with Crippen molar-refractivity contribution in [2.75, 3.05) is 11.1 Å². The van der Waals surface area contributed by atoms with Crippen molar-refractivity contribution in [3.05, 3.63) is 42.1 Å². The number of carboxylic acid groups (broad SMARTS) is 1. The van der Waals surface area contributed by atoms with Crippen LogP contribution in [-0.2, 0) is 16.1 Å². The predicted octanol–water partition coefficient (Wildman–Crippen LogP) is 7.14. The molecule has 1 heterocycles. The summed E-state index contributed by atoms with van der Waals surface area (Å²) < 4.78 is 7.64. The molecule has 7 nitrogen and oxygen atoms in total. The summed E-state index contributed by atoms with van der Waals surface area (Å²) in [6.07, 6.45) is 13.5. The van der Waals surface area contributed by atoms with Gasteiger partial charge in [-0.15, -0.1) is 11.8 Å². The Morgan fingerprint density at radius 2 is 1.78 bits per heavy atom. The van der Waals surface area contributed by atoms with Crippen LogP contribution in [0.25, 0.3) is 0 Å². The van der Waals surface area contributed by atoms with Crippen LogP contribution in [-0.4, -0.2) is 44.5 Å². The topological polar surface area (TPSA) is 91.8 Å². The number of nitrogens with zero attached hydrogens (tertiary/aromatic N) is 2. The number of hydrogen-bond acceptors (Lipinski definition) is 6. The second kappa shape index (κ2) is 13.4. The standard InChI is InChI=1S/C27H37N3O4S2/c31-23(32)15-18-35-24-19-28-25(36-24)29-26(33)30(22-13-7-1-2-8-14-22)27(16-9-4-10-17-27)34-20-21-11-5-3-6-12-21/h3,5-6,11-12,19,22H,1-2,4,7-10,13-18,20H2,(H,31,32)(H,28,29,33). The number of rotatable bonds is 10. The summed E-state index contributed by atoms with van der Waals surface area (Å²) in [5.74, 6) is -0.330. The molecule has 9 heteroatoms. The van der Waals surface area contributed by atoms with Crippen molar-refractivity contribution >= 4 is 40.2 Å². The number of carboxylic acids is 1. The van der Waals surface area contributed by atoms with Gasteiger partial charge in [-0.1, -0.05) is 73.8 Å². The molecule has 1 aromatic carbocycles. The van der Waals surface area contributed by atoms with Crippen molar-refractivity contribution < 1.29 is 19.4 Å². The van der Waals surface area contributed by atoms with Crippen LogP contribution in [0.1, 0.15) is 82.6 Å². The third-order valence-corrected chi connectivity index (χ3v) is 9.20. The summed E-state index contributed by atoms with van der Waals surface area (Å²) >= 11 is 2.85. The van der Waals surface area contributed by atoms with Crippen molar-refractivity contribution in [2.45, 2.75) is 99.6 Å². The predicted molar refractivity (Wildman–Crippen MR) is 144 cm³/mol. The van der Waals surface area contributed by atoms with E-state index in [1.165, 1.54) is 42.4 Å². The molecular formula is C27H37N3O4S2. The normalized spacial score (nSPS) is 18.3. The Morgan fingerprint density at radius 1 is 1.08 bits per heavy atom. The smallest absolute Gasteiger partial charge is 0.326 e. The Labute approximate surface area is 222 Å². The number of urea groups is 1. The van der Waals surface area contributed by atoms with Gasteiger partial charge in [0.25, 0.3) is 0 Å². The number of thioether (sulfide) groups is 1. The fourth-order valence-corrected chi connectivity index (χ4v) is 7.19. The number of nitrogens with one attached hydrogen (secondary N) is 1. The van der Waals surface area contributed by atoms with Crippen LogP contribution in [0.2, 0.25) is 0 Å². The molecule has 0 saturated heterocycles. The Hall–Kier alpha value is -2.10. The molecule has 2 saturated carbocycles. The molecule has 36 heavy (non-hydrogen) atoms. The molecule has 2 amide bonds. The molecule has 2 aliphatic carbocycles. The van der Waals surface area contributed by atoms with E-state index in [1.54, 1.807) is 6.20 Å². The number of amides is 2. The molecule has 0 unspecified atom stereocenters. The lowest BCUT2D eigenvalue weighted by atomic mass is 9.88. The number of anilines is 1. The fourth-order valence-electron chi connectivity index (χ4n) is 5.33. The molecule has 0 atom stereocenters. The van der Waals surface area contributed by atoms with Crippen LogP contribution < -0.4 is 5.32 Å². The van der Waals surface area contributed by atoms with Crippen molar-refractivity contribution in [3.8, 4) is 0 Å². The van der Waals surface area contributed by atoms with Gasteiger partial charge in [0.15, 0.2) is 5.13 Å². The van der Waals surface area contributed by atoms with E-state index in [4.69, 9.17) is 9.84 Å². The maximum Gasteiger partial charge on any atom is 0.326 e. The quantitative estimate of drug-likeness (QED) is 0.192. The molecule has 4 rings (SSSR count). The summed E-state index contributed by atoms with van der Waals surface area (Å²) in [4.78, 5) is 31.3. The van der Waals surface area contributed by atoms with Gasteiger partial charge in [0, 0.05) is 11.8 Å². The van der Waals surface area contributed by atoms with E-state index in [2.05, 4.69) is 27.3 Å². The Balaban J connectivity index is 1.54. The van der Waals surface area contributed by atoms with E-state index >= 15 is 0 Å². The van der Waals surface area contributed by atoms with Crippen molar-refractivity contribution in [2.24, 2.45) is 0 Å². The molecule has 2 aliphatic rings. The number of ether oxygens (including phenoxy) is 1. The van der Waals surface area contributed by atoms with Crippen LogP contribution in [0.5, 0.6) is 0 Å². The van der Waals surface area contributed by atoms with Crippen LogP contribution in [0.4, 0.5) is 9.93 Å². The zero-order valence-electron chi connectivity index (χ0n) is 20.8. The van der Waals surface area contributed by atoms with E-state index < -0.39 is 11.7 Å². The van der Waals surface area contributed by atoms with E-state index in [1.807, 2.05) is 18.2 Å². The van der Waals surface area contributed by atoms with E-state index in [0.717, 1.165) is 61.1 Å². The zero-order chi connectivity index (χ0) is 25.2. The van der Waals surface area contributed by atoms with Gasteiger partial charge in [0.1, 0.15) is 5.72 Å². The Kier molecular flexibility index (Phi) is 10.1. The number of benzene rings is 1. The van der Waals surface area contributed by atoms with Gasteiger partial charge in [-0.05, 0) is 44.1 Å². The molecule has 2 fully saturated rings. The summed E-state index contributed by atoms with van der Waals surface area (Å²) in [6, 6.07) is 10.2. The van der Waals surface area contributed by atoms with Crippen LogP contribution in [0, 0.1) is 0 Å². The van der Waals surface area contributed by atoms with Gasteiger partial charge >= 0.3 is 12.0 Å². The Morgan fingerprint density at radius 3 is 2.47 bits per heavy atom. The summed E-state index contributed by atoms with van der Waals surface area (Å²) in [6.45, 7) is 0.485. The second-order valence-corrected chi connectivity index (χ2v) is 12.1. The van der Waals surface area contributed by atoms with Crippen molar-refractivity contribution in [3.63, 3.8) is 0 Å². The number of thiazole rings is 1. The monoisotopic (exact) mass is 531 g/mol. The van der Waals surface area contributed by atoms with E-state index in [0.29, 0.717) is 17.5 Å². The number of aromatic nitrogens is 1. The summed E-state index contributed by atoms with van der Waals surface area (Å²) in [5.41, 5.74) is 0.496. The second-order valence-electron chi connectivity index (χ2n) is 9.70. The summed E-state index contributed by atoms with van der Waals surface area (Å²) in [5, 5.41) is 12.5. The average molecular weight is 532 g/mol. The first-order chi connectivity index (χ1) is 17.6. The first kappa shape index (κ1) is 26.9. The lowest BCUT2D eigenvalue weighted by Crippen LogP contribution is -2.60. The van der Waals surface area contributed by atoms with E-state index in [-0.39, 0.29) is 18.5 Å². The van der Waals surface area contributed by atoms with E-state index in [9.17, 15) is 9.59 Å². The fraction of sp³-hybridized carbons (Fsp3) is 0.593. The zero-order valence-corrected chi connectivity index (χ0v) is 22.5. The van der Waals surface area contributed by atoms with Gasteiger partial charge < -0.3 is 9.84 Å². The number of aliphatic carboxylic acids is 1. The molecule has 0 bridgehead atoms. The van der Waals surface area contributed by atoms with Gasteiger partial charge in [-0.3, -0.25) is 15.0 Å².